The molecule has 166 valence electrons. The van der Waals surface area contributed by atoms with Crippen LogP contribution in [0.4, 0.5) is 5.69 Å². The van der Waals surface area contributed by atoms with Crippen LogP contribution in [-0.4, -0.2) is 37.9 Å². The first-order valence-corrected chi connectivity index (χ1v) is 10.8. The highest BCUT2D eigenvalue weighted by atomic mass is 32.1. The lowest BCUT2D eigenvalue weighted by molar-refractivity contribution is -0.115. The smallest absolute Gasteiger partial charge is 0.203 e. The summed E-state index contributed by atoms with van der Waals surface area (Å²) in [5, 5.41) is 12.1. The van der Waals surface area contributed by atoms with Gasteiger partial charge in [-0.05, 0) is 55.2 Å². The largest absolute Gasteiger partial charge is 0.497 e. The van der Waals surface area contributed by atoms with E-state index in [2.05, 4.69) is 24.5 Å². The molecule has 1 fully saturated rings. The number of hydrogen-bond donors (Lipinski definition) is 3. The van der Waals surface area contributed by atoms with Gasteiger partial charge in [-0.1, -0.05) is 36.9 Å². The number of methoxy groups -OCH3 is 1. The van der Waals surface area contributed by atoms with Gasteiger partial charge in [-0.25, -0.2) is 0 Å². The first-order chi connectivity index (χ1) is 14.9. The number of carbonyl (C=O) groups is 1. The van der Waals surface area contributed by atoms with Crippen LogP contribution >= 0.6 is 12.6 Å². The maximum Gasteiger partial charge on any atom is 0.203 e. The number of carbonyl (C=O) groups excluding carboxylic acids is 1. The van der Waals surface area contributed by atoms with E-state index in [1.54, 1.807) is 20.1 Å². The van der Waals surface area contributed by atoms with Gasteiger partial charge in [0.15, 0.2) is 0 Å². The van der Waals surface area contributed by atoms with E-state index >= 15 is 0 Å². The van der Waals surface area contributed by atoms with Crippen LogP contribution in [0.2, 0.25) is 0 Å². The highest BCUT2D eigenvalue weighted by Crippen LogP contribution is 2.28. The molecule has 1 unspecified atom stereocenters. The summed E-state index contributed by atoms with van der Waals surface area (Å²) in [4.78, 5) is 14.2. The zero-order chi connectivity index (χ0) is 22.8. The molecular weight excluding hydrogens is 408 g/mol. The molecule has 0 radical (unpaired) electrons. The molecule has 1 atom stereocenters. The number of ether oxygens (including phenoxy) is 2. The van der Waals surface area contributed by atoms with Gasteiger partial charge in [0.05, 0.1) is 13.2 Å². The predicted molar refractivity (Wildman–Crippen MR) is 131 cm³/mol. The summed E-state index contributed by atoms with van der Waals surface area (Å²) in [6.45, 7) is 8.76. The van der Waals surface area contributed by atoms with Gasteiger partial charge in [-0.2, -0.15) is 0 Å². The van der Waals surface area contributed by atoms with Crippen molar-refractivity contribution in [3.8, 4) is 5.75 Å². The first-order valence-electron chi connectivity index (χ1n) is 10.4. The quantitative estimate of drug-likeness (QED) is 0.259. The zero-order valence-electron chi connectivity index (χ0n) is 18.5. The van der Waals surface area contributed by atoms with Crippen LogP contribution in [0.25, 0.3) is 0 Å². The second kappa shape index (κ2) is 12.3. The van der Waals surface area contributed by atoms with Crippen LogP contribution < -0.4 is 10.1 Å². The Morgan fingerprint density at radius 3 is 2.68 bits per heavy atom. The average molecular weight is 441 g/mol. The lowest BCUT2D eigenvalue weighted by Gasteiger charge is -2.31. The van der Waals surface area contributed by atoms with Gasteiger partial charge in [0.25, 0.3) is 0 Å². The Morgan fingerprint density at radius 1 is 1.39 bits per heavy atom. The molecule has 0 aromatic heterocycles. The van der Waals surface area contributed by atoms with E-state index in [4.69, 9.17) is 14.9 Å². The second-order valence-electron chi connectivity index (χ2n) is 7.36. The van der Waals surface area contributed by atoms with Crippen molar-refractivity contribution >= 4 is 29.8 Å². The van der Waals surface area contributed by atoms with E-state index in [0.717, 1.165) is 18.5 Å². The summed E-state index contributed by atoms with van der Waals surface area (Å²) in [6, 6.07) is 6.92. The van der Waals surface area contributed by atoms with Crippen LogP contribution in [0.3, 0.4) is 0 Å². The molecule has 0 bridgehead atoms. The van der Waals surface area contributed by atoms with E-state index in [1.807, 2.05) is 49.4 Å². The highest BCUT2D eigenvalue weighted by molar-refractivity contribution is 7.84. The lowest BCUT2D eigenvalue weighted by atomic mass is 9.84. The van der Waals surface area contributed by atoms with Crippen LogP contribution in [0.1, 0.15) is 26.7 Å². The lowest BCUT2D eigenvalue weighted by Crippen LogP contribution is -2.43. The number of nitrogens with one attached hydrogen (secondary N) is 2. The molecule has 0 aliphatic carbocycles. The molecule has 1 aromatic carbocycles. The van der Waals surface area contributed by atoms with Gasteiger partial charge in [0, 0.05) is 30.5 Å². The van der Waals surface area contributed by atoms with Crippen molar-refractivity contribution in [1.82, 2.24) is 0 Å². The maximum absolute atomic E-state index is 13.6. The Hall–Kier alpha value is -2.57. The molecular formula is C25H32N2O3S. The number of Topliss-reactive ketones (excluding diaryl/α,β-unsaturated/α-hetero) is 1. The fourth-order valence-corrected chi connectivity index (χ4v) is 3.85. The number of hydrogen-bond acceptors (Lipinski definition) is 6. The third kappa shape index (κ3) is 6.71. The number of thiol groups is 1. The van der Waals surface area contributed by atoms with Gasteiger partial charge in [-0.15, -0.1) is 12.6 Å². The van der Waals surface area contributed by atoms with Gasteiger partial charge in [0.1, 0.15) is 11.5 Å². The molecule has 0 amide bonds. The van der Waals surface area contributed by atoms with Crippen molar-refractivity contribution in [3.63, 3.8) is 0 Å². The first kappa shape index (κ1) is 24.7. The third-order valence-corrected chi connectivity index (χ3v) is 5.47. The summed E-state index contributed by atoms with van der Waals surface area (Å²) >= 11 is 4.48. The fraction of sp³-hybridized carbons (Fsp3) is 0.360. The number of benzene rings is 1. The molecule has 2 rings (SSSR count). The highest BCUT2D eigenvalue weighted by Gasteiger charge is 2.33. The average Bonchev–Trinajstić information content (AvgIpc) is 2.79. The van der Waals surface area contributed by atoms with Gasteiger partial charge in [-0.3, -0.25) is 10.2 Å². The molecule has 31 heavy (non-hydrogen) atoms. The molecule has 1 saturated heterocycles. The van der Waals surface area contributed by atoms with Crippen molar-refractivity contribution < 1.29 is 14.3 Å². The molecule has 1 aliphatic rings. The molecule has 1 heterocycles. The Morgan fingerprint density at radius 2 is 2.10 bits per heavy atom. The Bertz CT molecular complexity index is 892. The van der Waals surface area contributed by atoms with E-state index in [1.165, 1.54) is 0 Å². The summed E-state index contributed by atoms with van der Waals surface area (Å²) in [6.07, 6.45) is 8.73. The maximum atomic E-state index is 13.6. The van der Waals surface area contributed by atoms with Crippen molar-refractivity contribution in [2.45, 2.75) is 32.7 Å². The summed E-state index contributed by atoms with van der Waals surface area (Å²) < 4.78 is 10.8. The monoisotopic (exact) mass is 440 g/mol. The van der Waals surface area contributed by atoms with E-state index in [-0.39, 0.29) is 17.4 Å². The summed E-state index contributed by atoms with van der Waals surface area (Å²) in [5.41, 5.74) is 1.88. The Kier molecular flexibility index (Phi) is 9.82. The van der Waals surface area contributed by atoms with Crippen molar-refractivity contribution in [3.05, 3.63) is 71.2 Å². The second-order valence-corrected chi connectivity index (χ2v) is 8.03. The molecule has 1 aromatic rings. The van der Waals surface area contributed by atoms with Gasteiger partial charge < -0.3 is 14.8 Å². The normalized spacial score (nSPS) is 17.1. The van der Waals surface area contributed by atoms with Crippen molar-refractivity contribution in [2.75, 3.05) is 25.6 Å². The molecule has 0 saturated carbocycles. The molecule has 6 heteroatoms. The van der Waals surface area contributed by atoms with E-state index < -0.39 is 6.04 Å². The van der Waals surface area contributed by atoms with Crippen LogP contribution in [0.5, 0.6) is 5.75 Å². The molecule has 1 aliphatic heterocycles. The minimum absolute atomic E-state index is 0.0565. The summed E-state index contributed by atoms with van der Waals surface area (Å²) in [5.74, 6) is 0.487. The number of allylic oxidation sites excluding steroid dienone is 7. The van der Waals surface area contributed by atoms with Gasteiger partial charge in [0.2, 0.25) is 5.78 Å². The van der Waals surface area contributed by atoms with Crippen LogP contribution in [-0.2, 0) is 9.53 Å². The minimum Gasteiger partial charge on any atom is -0.497 e. The SMILES string of the molecule is C=CC(=C\C=C/C)/C(C(=N)C(=O)C(Nc1cccc(OC)c1)C1CCOCC1)=C(\C)S. The number of rotatable bonds is 10. The van der Waals surface area contributed by atoms with E-state index in [0.29, 0.717) is 35.0 Å². The number of anilines is 1. The molecule has 2 N–H and O–H groups in total. The minimum atomic E-state index is -0.557. The Balaban J connectivity index is 2.41. The standard InChI is InChI=1S/C25H32N2O3S/c1-5-7-9-18(6-2)22(17(3)31)23(26)25(28)24(19-12-14-30-15-13-19)27-20-10-8-11-21(16-20)29-4/h5-11,16,19,24,26-27,31H,2,12-15H2,1,3-4H3/b7-5-,18-9+,22-17-,26-23?. The topological polar surface area (TPSA) is 71.4 Å². The zero-order valence-corrected chi connectivity index (χ0v) is 19.4. The fourth-order valence-electron chi connectivity index (χ4n) is 3.61. The number of ketones is 1. The van der Waals surface area contributed by atoms with Crippen molar-refractivity contribution in [1.29, 1.82) is 5.41 Å². The van der Waals surface area contributed by atoms with E-state index in [9.17, 15) is 4.79 Å². The molecule has 5 nitrogen and oxygen atoms in total. The third-order valence-electron chi connectivity index (χ3n) is 5.25. The molecule has 0 spiro atoms. The predicted octanol–water partition coefficient (Wildman–Crippen LogP) is 5.38. The van der Waals surface area contributed by atoms with Gasteiger partial charge >= 0.3 is 0 Å². The summed E-state index contributed by atoms with van der Waals surface area (Å²) in [7, 11) is 1.61. The van der Waals surface area contributed by atoms with Crippen LogP contribution in [0.15, 0.2) is 71.2 Å². The Labute approximate surface area is 190 Å². The van der Waals surface area contributed by atoms with Crippen LogP contribution in [0, 0.1) is 11.3 Å². The van der Waals surface area contributed by atoms with Crippen molar-refractivity contribution in [2.24, 2.45) is 5.92 Å².